The van der Waals surface area contributed by atoms with E-state index in [0.29, 0.717) is 6.42 Å². The molecule has 2 amide bonds. The lowest BCUT2D eigenvalue weighted by atomic mass is 10.0. The Morgan fingerprint density at radius 1 is 0.721 bits per heavy atom. The summed E-state index contributed by atoms with van der Waals surface area (Å²) in [5, 5.41) is 17.6. The van der Waals surface area contributed by atoms with Crippen molar-refractivity contribution in [3.8, 4) is 12.1 Å². The van der Waals surface area contributed by atoms with Crippen LogP contribution in [0.3, 0.4) is 0 Å². The fourth-order valence-electron chi connectivity index (χ4n) is 4.02. The van der Waals surface area contributed by atoms with E-state index in [-0.39, 0.29) is 23.2 Å². The molecule has 0 saturated carbocycles. The van der Waals surface area contributed by atoms with E-state index in [1.54, 1.807) is 49.1 Å². The number of rotatable bonds is 7. The summed E-state index contributed by atoms with van der Waals surface area (Å²) >= 11 is 0. The summed E-state index contributed by atoms with van der Waals surface area (Å²) in [6.45, 7) is 3.39. The van der Waals surface area contributed by atoms with E-state index >= 15 is 0 Å². The average molecular weight is 613 g/mol. The summed E-state index contributed by atoms with van der Waals surface area (Å²) in [6, 6.07) is 8.73. The van der Waals surface area contributed by atoms with Crippen molar-refractivity contribution in [3.63, 3.8) is 0 Å². The van der Waals surface area contributed by atoms with Gasteiger partial charge in [0.05, 0.1) is 34.4 Å². The van der Waals surface area contributed by atoms with Crippen LogP contribution in [0.25, 0.3) is 0 Å². The second kappa shape index (κ2) is 14.6. The fourth-order valence-corrected chi connectivity index (χ4v) is 4.02. The van der Waals surface area contributed by atoms with Gasteiger partial charge in [-0.05, 0) is 49.7 Å². The van der Waals surface area contributed by atoms with Crippen molar-refractivity contribution in [3.05, 3.63) is 58.7 Å². The topological polar surface area (TPSA) is 94.7 Å². The van der Waals surface area contributed by atoms with E-state index in [1.807, 2.05) is 0 Å². The molecule has 43 heavy (non-hydrogen) atoms. The maximum atomic E-state index is 13.0. The Kier molecular flexibility index (Phi) is 12.4. The molecule has 234 valence electrons. The van der Waals surface area contributed by atoms with Crippen molar-refractivity contribution in [2.45, 2.75) is 44.7 Å². The van der Waals surface area contributed by atoms with Gasteiger partial charge in [-0.3, -0.25) is 9.59 Å². The largest absolute Gasteiger partial charge is 0.417 e. The molecule has 2 unspecified atom stereocenters. The molecule has 2 atom stereocenters. The van der Waals surface area contributed by atoms with Gasteiger partial charge in [0.1, 0.15) is 12.1 Å². The molecule has 8 nitrogen and oxygen atoms in total. The van der Waals surface area contributed by atoms with Crippen molar-refractivity contribution in [1.82, 2.24) is 9.80 Å². The second-order valence-electron chi connectivity index (χ2n) is 9.97. The van der Waals surface area contributed by atoms with E-state index in [0.717, 1.165) is 24.3 Å². The minimum atomic E-state index is -4.62. The Hall–Kier alpha value is -4.46. The summed E-state index contributed by atoms with van der Waals surface area (Å²) in [5.41, 5.74) is -2.40. The standard InChI is InChI=1S/C15H18F3N3O.C14H16F3N3O/c1-5-13(14(22)20(2)3)21(4)11-7-6-10(9-19)12(8-11)15(16,17)18;1-9(13(21)19(2)3)20(4)11-6-5-10(8-18)12(7-11)14(15,16)17/h6-8,13H,5H2,1-4H3;5-7,9H,1-4H3. The molecule has 0 aromatic heterocycles. The molecule has 0 saturated heterocycles. The molecule has 0 bridgehead atoms. The highest BCUT2D eigenvalue weighted by Gasteiger charge is 2.36. The summed E-state index contributed by atoms with van der Waals surface area (Å²) in [5.74, 6) is -0.418. The molecule has 2 rings (SSSR count). The Bertz CT molecular complexity index is 1380. The number of hydrogen-bond donors (Lipinski definition) is 0. The molecular weight excluding hydrogens is 578 g/mol. The quantitative estimate of drug-likeness (QED) is 0.391. The van der Waals surface area contributed by atoms with Gasteiger partial charge in [0.2, 0.25) is 11.8 Å². The molecule has 0 aliphatic rings. The molecular formula is C29H34F6N6O2. The highest BCUT2D eigenvalue weighted by Crippen LogP contribution is 2.36. The van der Waals surface area contributed by atoms with Crippen molar-refractivity contribution in [2.75, 3.05) is 52.1 Å². The summed E-state index contributed by atoms with van der Waals surface area (Å²) in [4.78, 5) is 29.7. The van der Waals surface area contributed by atoms with Crippen LogP contribution in [0.1, 0.15) is 42.5 Å². The third-order valence-corrected chi connectivity index (χ3v) is 6.63. The monoisotopic (exact) mass is 612 g/mol. The number of alkyl halides is 6. The molecule has 2 aromatic rings. The molecule has 0 aliphatic carbocycles. The van der Waals surface area contributed by atoms with Gasteiger partial charge < -0.3 is 19.6 Å². The van der Waals surface area contributed by atoms with Gasteiger partial charge in [0.25, 0.3) is 0 Å². The molecule has 2 aromatic carbocycles. The van der Waals surface area contributed by atoms with Gasteiger partial charge in [-0.15, -0.1) is 0 Å². The van der Waals surface area contributed by atoms with Crippen LogP contribution >= 0.6 is 0 Å². The van der Waals surface area contributed by atoms with Gasteiger partial charge in [-0.25, -0.2) is 0 Å². The smallest absolute Gasteiger partial charge is 0.363 e. The van der Waals surface area contributed by atoms with E-state index < -0.39 is 46.7 Å². The van der Waals surface area contributed by atoms with Crippen molar-refractivity contribution in [1.29, 1.82) is 10.5 Å². The van der Waals surface area contributed by atoms with Crippen LogP contribution in [0.5, 0.6) is 0 Å². The number of carbonyl (C=O) groups is 2. The van der Waals surface area contributed by atoms with Crippen LogP contribution in [0.4, 0.5) is 37.7 Å². The van der Waals surface area contributed by atoms with Gasteiger partial charge in [-0.1, -0.05) is 6.92 Å². The Morgan fingerprint density at radius 3 is 1.40 bits per heavy atom. The first-order valence-corrected chi connectivity index (χ1v) is 12.8. The van der Waals surface area contributed by atoms with Crippen molar-refractivity contribution in [2.24, 2.45) is 0 Å². The van der Waals surface area contributed by atoms with Crippen LogP contribution in [0, 0.1) is 22.7 Å². The highest BCUT2D eigenvalue weighted by atomic mass is 19.4. The number of likely N-dealkylation sites (N-methyl/N-ethyl adjacent to an activating group) is 4. The van der Waals surface area contributed by atoms with Gasteiger partial charge in [0, 0.05) is 53.7 Å². The summed E-state index contributed by atoms with van der Waals surface area (Å²) in [6.07, 6.45) is -8.78. The number of hydrogen-bond acceptors (Lipinski definition) is 6. The van der Waals surface area contributed by atoms with Gasteiger partial charge in [-0.2, -0.15) is 36.9 Å². The lowest BCUT2D eigenvalue weighted by Crippen LogP contribution is -2.44. The number of amides is 2. The van der Waals surface area contributed by atoms with Crippen LogP contribution in [-0.2, 0) is 21.9 Å². The maximum Gasteiger partial charge on any atom is 0.417 e. The maximum absolute atomic E-state index is 13.0. The summed E-state index contributed by atoms with van der Waals surface area (Å²) in [7, 11) is 9.45. The van der Waals surface area contributed by atoms with E-state index in [1.165, 1.54) is 50.9 Å². The van der Waals surface area contributed by atoms with Crippen LogP contribution in [-0.4, -0.2) is 76.0 Å². The SMILES string of the molecule is CC(C(=O)N(C)C)N(C)c1ccc(C#N)c(C(F)(F)F)c1.CCC(C(=O)N(C)C)N(C)c1ccc(C#N)c(C(F)(F)F)c1. The molecule has 14 heteroatoms. The van der Waals surface area contributed by atoms with Crippen LogP contribution < -0.4 is 9.80 Å². The lowest BCUT2D eigenvalue weighted by molar-refractivity contribution is -0.138. The van der Waals surface area contributed by atoms with Crippen LogP contribution in [0.2, 0.25) is 0 Å². The number of carbonyl (C=O) groups excluding carboxylic acids is 2. The molecule has 0 fully saturated rings. The second-order valence-corrected chi connectivity index (χ2v) is 9.97. The number of nitrogens with zero attached hydrogens (tertiary/aromatic N) is 6. The zero-order chi connectivity index (χ0) is 33.4. The van der Waals surface area contributed by atoms with E-state index in [4.69, 9.17) is 10.5 Å². The average Bonchev–Trinajstić information content (AvgIpc) is 2.94. The zero-order valence-electron chi connectivity index (χ0n) is 25.1. The first-order chi connectivity index (χ1) is 19.7. The Morgan fingerprint density at radius 2 is 1.09 bits per heavy atom. The van der Waals surface area contributed by atoms with E-state index in [2.05, 4.69) is 0 Å². The molecule has 0 spiro atoms. The van der Waals surface area contributed by atoms with Crippen molar-refractivity contribution < 1.29 is 35.9 Å². The number of nitriles is 2. The third-order valence-electron chi connectivity index (χ3n) is 6.63. The molecule has 0 N–H and O–H groups in total. The minimum absolute atomic E-state index is 0.192. The van der Waals surface area contributed by atoms with Gasteiger partial charge >= 0.3 is 12.4 Å². The fraction of sp³-hybridized carbons (Fsp3) is 0.448. The normalized spacial score (nSPS) is 12.5. The Labute approximate surface area is 247 Å². The number of halogens is 6. The zero-order valence-corrected chi connectivity index (χ0v) is 25.1. The minimum Gasteiger partial charge on any atom is -0.363 e. The number of benzene rings is 2. The highest BCUT2D eigenvalue weighted by molar-refractivity contribution is 5.85. The van der Waals surface area contributed by atoms with Crippen molar-refractivity contribution >= 4 is 23.2 Å². The third kappa shape index (κ3) is 9.26. The predicted octanol–water partition coefficient (Wildman–Crippen LogP) is 5.37. The predicted molar refractivity (Wildman–Crippen MR) is 150 cm³/mol. The first kappa shape index (κ1) is 36.6. The Balaban J connectivity index is 0.000000430. The van der Waals surface area contributed by atoms with E-state index in [9.17, 15) is 35.9 Å². The number of anilines is 2. The molecule has 0 aliphatic heterocycles. The summed E-state index contributed by atoms with van der Waals surface area (Å²) < 4.78 is 77.8. The molecule has 0 radical (unpaired) electrons. The van der Waals surface area contributed by atoms with Crippen LogP contribution in [0.15, 0.2) is 36.4 Å². The van der Waals surface area contributed by atoms with Gasteiger partial charge in [0.15, 0.2) is 0 Å². The lowest BCUT2D eigenvalue weighted by Gasteiger charge is -2.30. The molecule has 0 heterocycles. The first-order valence-electron chi connectivity index (χ1n) is 12.8.